The van der Waals surface area contributed by atoms with E-state index < -0.39 is 5.82 Å². The summed E-state index contributed by atoms with van der Waals surface area (Å²) in [5, 5.41) is 12.3. The Morgan fingerprint density at radius 3 is 2.52 bits per heavy atom. The number of aliphatic imine (C=N–C) groups is 1. The molecule has 0 unspecified atom stereocenters. The number of guanidine groups is 1. The summed E-state index contributed by atoms with van der Waals surface area (Å²) in [5.74, 6) is 0.535. The Balaban J connectivity index is 0.00000364. The number of rotatable bonds is 7. The van der Waals surface area contributed by atoms with Crippen LogP contribution in [0.2, 0.25) is 0 Å². The molecule has 0 amide bonds. The Hall–Kier alpha value is -1.94. The van der Waals surface area contributed by atoms with Gasteiger partial charge in [0.1, 0.15) is 24.0 Å². The van der Waals surface area contributed by atoms with Gasteiger partial charge in [-0.3, -0.25) is 4.99 Å². The third kappa shape index (κ3) is 7.30. The lowest BCUT2D eigenvalue weighted by molar-refractivity contribution is 0.275. The summed E-state index contributed by atoms with van der Waals surface area (Å²) in [6.07, 6.45) is 0. The minimum atomic E-state index is -0.421. The fourth-order valence-corrected chi connectivity index (χ4v) is 2.36. The summed E-state index contributed by atoms with van der Waals surface area (Å²) in [4.78, 5) is 6.09. The summed E-state index contributed by atoms with van der Waals surface area (Å²) >= 11 is 0. The molecule has 27 heavy (non-hydrogen) atoms. The van der Waals surface area contributed by atoms with Gasteiger partial charge in [-0.15, -0.1) is 24.0 Å². The molecule has 0 saturated carbocycles. The lowest BCUT2D eigenvalue weighted by atomic mass is 10.1. The predicted octanol–water partition coefficient (Wildman–Crippen LogP) is 3.16. The molecule has 0 saturated heterocycles. The van der Waals surface area contributed by atoms with Gasteiger partial charge < -0.3 is 20.1 Å². The van der Waals surface area contributed by atoms with E-state index in [1.807, 2.05) is 11.9 Å². The maximum Gasteiger partial charge on any atom is 0.193 e. The third-order valence-electron chi connectivity index (χ3n) is 3.81. The van der Waals surface area contributed by atoms with Crippen molar-refractivity contribution in [2.45, 2.75) is 13.2 Å². The van der Waals surface area contributed by atoms with Crippen LogP contribution in [0.4, 0.5) is 8.78 Å². The topological polar surface area (TPSA) is 57.1 Å². The lowest BCUT2D eigenvalue weighted by Crippen LogP contribution is -2.40. The lowest BCUT2D eigenvalue weighted by Gasteiger charge is -2.22. The van der Waals surface area contributed by atoms with E-state index in [-0.39, 0.29) is 42.0 Å². The number of benzene rings is 2. The highest BCUT2D eigenvalue weighted by atomic mass is 127. The average molecular weight is 491 g/mol. The highest BCUT2D eigenvalue weighted by Gasteiger charge is 2.07. The summed E-state index contributed by atoms with van der Waals surface area (Å²) < 4.78 is 31.9. The van der Waals surface area contributed by atoms with E-state index in [9.17, 15) is 8.78 Å². The van der Waals surface area contributed by atoms with E-state index in [4.69, 9.17) is 9.84 Å². The number of halogens is 3. The molecule has 0 aliphatic heterocycles. The van der Waals surface area contributed by atoms with Crippen LogP contribution in [0.15, 0.2) is 47.5 Å². The third-order valence-corrected chi connectivity index (χ3v) is 3.81. The fourth-order valence-electron chi connectivity index (χ4n) is 2.36. The van der Waals surface area contributed by atoms with Gasteiger partial charge in [-0.1, -0.05) is 6.07 Å². The van der Waals surface area contributed by atoms with Crippen LogP contribution < -0.4 is 10.1 Å². The summed E-state index contributed by atoms with van der Waals surface area (Å²) in [7, 11) is 3.54. The van der Waals surface area contributed by atoms with E-state index >= 15 is 0 Å². The van der Waals surface area contributed by atoms with Gasteiger partial charge in [0.25, 0.3) is 0 Å². The van der Waals surface area contributed by atoms with Crippen molar-refractivity contribution in [3.63, 3.8) is 0 Å². The molecule has 148 valence electrons. The number of aliphatic hydroxyl groups excluding tert-OH is 1. The minimum Gasteiger partial charge on any atom is -0.492 e. The molecular formula is C19H24F2IN3O2. The van der Waals surface area contributed by atoms with Crippen LogP contribution in [0.5, 0.6) is 5.75 Å². The van der Waals surface area contributed by atoms with E-state index in [0.717, 1.165) is 5.56 Å². The van der Waals surface area contributed by atoms with Crippen molar-refractivity contribution < 1.29 is 18.6 Å². The standard InChI is InChI=1S/C19H23F2N3O2.HI/c1-22-19(23-12-14-3-8-18(21)15(11-14)13-25)24(2)9-10-26-17-6-4-16(20)5-7-17;/h3-8,11,25H,9-10,12-13H2,1-2H3,(H,22,23);1H. The first-order valence-corrected chi connectivity index (χ1v) is 8.21. The molecule has 0 aromatic heterocycles. The van der Waals surface area contributed by atoms with Crippen LogP contribution in [0.1, 0.15) is 11.1 Å². The van der Waals surface area contributed by atoms with Crippen LogP contribution >= 0.6 is 24.0 Å². The summed E-state index contributed by atoms with van der Waals surface area (Å²) in [6.45, 7) is 1.09. The first kappa shape index (κ1) is 23.1. The summed E-state index contributed by atoms with van der Waals surface area (Å²) in [6, 6.07) is 10.5. The second-order valence-electron chi connectivity index (χ2n) is 5.71. The van der Waals surface area contributed by atoms with Gasteiger partial charge >= 0.3 is 0 Å². The minimum absolute atomic E-state index is 0. The molecule has 0 atom stereocenters. The van der Waals surface area contributed by atoms with Gasteiger partial charge in [0, 0.05) is 26.2 Å². The molecule has 0 spiro atoms. The monoisotopic (exact) mass is 491 g/mol. The number of hydrogen-bond donors (Lipinski definition) is 2. The van der Waals surface area contributed by atoms with Crippen molar-refractivity contribution in [1.82, 2.24) is 10.2 Å². The van der Waals surface area contributed by atoms with Crippen LogP contribution in [0, 0.1) is 11.6 Å². The average Bonchev–Trinajstić information content (AvgIpc) is 2.65. The quantitative estimate of drug-likeness (QED) is 0.355. The normalized spacial score (nSPS) is 10.9. The van der Waals surface area contributed by atoms with Gasteiger partial charge in [0.05, 0.1) is 13.2 Å². The number of aliphatic hydroxyl groups is 1. The molecule has 5 nitrogen and oxygen atoms in total. The van der Waals surface area contributed by atoms with Crippen molar-refractivity contribution in [1.29, 1.82) is 0 Å². The van der Waals surface area contributed by atoms with Crippen molar-refractivity contribution in [3.05, 3.63) is 65.2 Å². The highest BCUT2D eigenvalue weighted by molar-refractivity contribution is 14.0. The van der Waals surface area contributed by atoms with Gasteiger partial charge in [-0.25, -0.2) is 8.78 Å². The Morgan fingerprint density at radius 2 is 1.89 bits per heavy atom. The molecule has 2 N–H and O–H groups in total. The van der Waals surface area contributed by atoms with E-state index in [0.29, 0.717) is 31.4 Å². The summed E-state index contributed by atoms with van der Waals surface area (Å²) in [5.41, 5.74) is 1.10. The highest BCUT2D eigenvalue weighted by Crippen LogP contribution is 2.11. The van der Waals surface area contributed by atoms with Crippen molar-refractivity contribution >= 4 is 29.9 Å². The predicted molar refractivity (Wildman–Crippen MR) is 112 cm³/mol. The van der Waals surface area contributed by atoms with Crippen molar-refractivity contribution in [2.75, 3.05) is 27.2 Å². The maximum absolute atomic E-state index is 13.4. The smallest absolute Gasteiger partial charge is 0.193 e. The van der Waals surface area contributed by atoms with Gasteiger partial charge in [0.15, 0.2) is 5.96 Å². The molecule has 2 aromatic carbocycles. The zero-order chi connectivity index (χ0) is 18.9. The fraction of sp³-hybridized carbons (Fsp3) is 0.316. The molecule has 8 heteroatoms. The molecule has 0 bridgehead atoms. The second-order valence-corrected chi connectivity index (χ2v) is 5.71. The molecule has 0 radical (unpaired) electrons. The molecule has 2 aromatic rings. The van der Waals surface area contributed by atoms with Crippen LogP contribution in [-0.2, 0) is 13.2 Å². The molecular weight excluding hydrogens is 467 g/mol. The van der Waals surface area contributed by atoms with Crippen LogP contribution in [-0.4, -0.2) is 43.2 Å². The Kier molecular flexibility index (Phi) is 10.0. The van der Waals surface area contributed by atoms with E-state index in [1.54, 1.807) is 31.3 Å². The van der Waals surface area contributed by atoms with Crippen LogP contribution in [0.25, 0.3) is 0 Å². The van der Waals surface area contributed by atoms with Gasteiger partial charge in [-0.2, -0.15) is 0 Å². The van der Waals surface area contributed by atoms with Gasteiger partial charge in [0.2, 0.25) is 0 Å². The number of ether oxygens (including phenoxy) is 1. The maximum atomic E-state index is 13.4. The molecule has 0 aliphatic carbocycles. The van der Waals surface area contributed by atoms with Crippen molar-refractivity contribution in [3.8, 4) is 5.75 Å². The SMILES string of the molecule is CN=C(NCc1ccc(F)c(CO)c1)N(C)CCOc1ccc(F)cc1.I. The zero-order valence-corrected chi connectivity index (χ0v) is 17.6. The Bertz CT molecular complexity index is 742. The van der Waals surface area contributed by atoms with E-state index in [1.165, 1.54) is 18.2 Å². The molecule has 0 heterocycles. The van der Waals surface area contributed by atoms with Crippen LogP contribution in [0.3, 0.4) is 0 Å². The number of hydrogen-bond acceptors (Lipinski definition) is 3. The Labute approximate surface area is 175 Å². The molecule has 2 rings (SSSR count). The number of nitrogens with zero attached hydrogens (tertiary/aromatic N) is 2. The first-order chi connectivity index (χ1) is 12.5. The van der Waals surface area contributed by atoms with Gasteiger partial charge in [-0.05, 0) is 42.0 Å². The first-order valence-electron chi connectivity index (χ1n) is 8.21. The van der Waals surface area contributed by atoms with Crippen molar-refractivity contribution in [2.24, 2.45) is 4.99 Å². The largest absolute Gasteiger partial charge is 0.492 e. The second kappa shape index (κ2) is 11.7. The van der Waals surface area contributed by atoms with E-state index in [2.05, 4.69) is 10.3 Å². The zero-order valence-electron chi connectivity index (χ0n) is 15.3. The Morgan fingerprint density at radius 1 is 1.19 bits per heavy atom. The number of likely N-dealkylation sites (N-methyl/N-ethyl adjacent to an activating group) is 1. The number of nitrogens with one attached hydrogen (secondary N) is 1. The molecule has 0 aliphatic rings. The molecule has 0 fully saturated rings.